The molecule has 0 aromatic carbocycles. The SMILES string of the molecule is Cc1cc(-c2[nH]c3cc4c(nc3c2C(C)C)CN(C(C)C)CC4)cc(C)n1. The minimum atomic E-state index is 0.401. The number of pyridine rings is 2. The Morgan fingerprint density at radius 1 is 1.00 bits per heavy atom. The van der Waals surface area contributed by atoms with Gasteiger partial charge in [-0.1, -0.05) is 13.8 Å². The van der Waals surface area contributed by atoms with Gasteiger partial charge in [-0.2, -0.15) is 0 Å². The molecule has 0 saturated heterocycles. The molecule has 4 nitrogen and oxygen atoms in total. The zero-order valence-corrected chi connectivity index (χ0v) is 17.3. The summed E-state index contributed by atoms with van der Waals surface area (Å²) in [6, 6.07) is 7.24. The van der Waals surface area contributed by atoms with E-state index in [1.54, 1.807) is 0 Å². The maximum atomic E-state index is 5.17. The summed E-state index contributed by atoms with van der Waals surface area (Å²) in [6.07, 6.45) is 1.08. The first-order valence-corrected chi connectivity index (χ1v) is 10.1. The van der Waals surface area contributed by atoms with E-state index in [4.69, 9.17) is 4.98 Å². The largest absolute Gasteiger partial charge is 0.353 e. The number of fused-ring (bicyclic) bond motifs is 2. The number of hydrogen-bond acceptors (Lipinski definition) is 3. The third-order valence-corrected chi connectivity index (χ3v) is 5.67. The van der Waals surface area contributed by atoms with Gasteiger partial charge in [0.1, 0.15) is 0 Å². The molecule has 27 heavy (non-hydrogen) atoms. The highest BCUT2D eigenvalue weighted by Gasteiger charge is 2.24. The maximum Gasteiger partial charge on any atom is 0.0924 e. The van der Waals surface area contributed by atoms with Gasteiger partial charge in [0.25, 0.3) is 0 Å². The predicted octanol–water partition coefficient (Wildman–Crippen LogP) is 5.13. The number of hydrogen-bond donors (Lipinski definition) is 1. The number of aromatic amines is 1. The third-order valence-electron chi connectivity index (χ3n) is 5.67. The van der Waals surface area contributed by atoms with E-state index in [2.05, 4.69) is 74.6 Å². The summed E-state index contributed by atoms with van der Waals surface area (Å²) in [7, 11) is 0. The first kappa shape index (κ1) is 18.2. The maximum absolute atomic E-state index is 5.17. The summed E-state index contributed by atoms with van der Waals surface area (Å²) in [5, 5.41) is 0. The molecule has 0 spiro atoms. The molecule has 4 heteroatoms. The first-order valence-electron chi connectivity index (χ1n) is 10.1. The number of aryl methyl sites for hydroxylation is 2. The summed E-state index contributed by atoms with van der Waals surface area (Å²) in [5.41, 5.74) is 10.8. The molecule has 4 heterocycles. The summed E-state index contributed by atoms with van der Waals surface area (Å²) >= 11 is 0. The number of H-pyrrole nitrogens is 1. The van der Waals surface area contributed by atoms with E-state index in [0.29, 0.717) is 12.0 Å². The van der Waals surface area contributed by atoms with Crippen LogP contribution >= 0.6 is 0 Å². The Morgan fingerprint density at radius 2 is 1.70 bits per heavy atom. The predicted molar refractivity (Wildman–Crippen MR) is 112 cm³/mol. The molecular formula is C23H30N4. The van der Waals surface area contributed by atoms with Gasteiger partial charge < -0.3 is 4.98 Å². The van der Waals surface area contributed by atoms with Gasteiger partial charge in [0, 0.05) is 41.6 Å². The molecule has 0 aliphatic carbocycles. The van der Waals surface area contributed by atoms with E-state index in [1.165, 1.54) is 28.1 Å². The fraction of sp³-hybridized carbons (Fsp3) is 0.478. The normalized spacial score (nSPS) is 15.1. The van der Waals surface area contributed by atoms with Crippen molar-refractivity contribution in [3.63, 3.8) is 0 Å². The van der Waals surface area contributed by atoms with Gasteiger partial charge >= 0.3 is 0 Å². The van der Waals surface area contributed by atoms with Crippen LogP contribution in [0.4, 0.5) is 0 Å². The van der Waals surface area contributed by atoms with Crippen LogP contribution in [0.1, 0.15) is 61.8 Å². The highest BCUT2D eigenvalue weighted by molar-refractivity contribution is 5.89. The molecule has 1 aliphatic rings. The second-order valence-electron chi connectivity index (χ2n) is 8.51. The van der Waals surface area contributed by atoms with Crippen LogP contribution in [0.15, 0.2) is 18.2 Å². The second kappa shape index (κ2) is 6.75. The van der Waals surface area contributed by atoms with Gasteiger partial charge in [-0.05, 0) is 63.8 Å². The molecule has 1 aliphatic heterocycles. The van der Waals surface area contributed by atoms with Crippen LogP contribution in [0, 0.1) is 13.8 Å². The monoisotopic (exact) mass is 362 g/mol. The molecule has 4 rings (SSSR count). The van der Waals surface area contributed by atoms with E-state index >= 15 is 0 Å². The molecule has 3 aromatic heterocycles. The molecule has 0 unspecified atom stereocenters. The zero-order chi connectivity index (χ0) is 19.3. The van der Waals surface area contributed by atoms with Crippen LogP contribution in [0.2, 0.25) is 0 Å². The van der Waals surface area contributed by atoms with Crippen molar-refractivity contribution in [3.05, 3.63) is 46.4 Å². The van der Waals surface area contributed by atoms with Crippen LogP contribution < -0.4 is 0 Å². The van der Waals surface area contributed by atoms with Crippen molar-refractivity contribution < 1.29 is 0 Å². The zero-order valence-electron chi connectivity index (χ0n) is 17.3. The van der Waals surface area contributed by atoms with Gasteiger partial charge in [-0.3, -0.25) is 9.88 Å². The lowest BCUT2D eigenvalue weighted by atomic mass is 9.97. The number of nitrogens with one attached hydrogen (secondary N) is 1. The Labute approximate surface area is 162 Å². The van der Waals surface area contributed by atoms with Crippen LogP contribution in [0.25, 0.3) is 22.3 Å². The second-order valence-corrected chi connectivity index (χ2v) is 8.51. The van der Waals surface area contributed by atoms with Gasteiger partial charge in [0.15, 0.2) is 0 Å². The van der Waals surface area contributed by atoms with Gasteiger partial charge in [0.2, 0.25) is 0 Å². The Balaban J connectivity index is 1.90. The highest BCUT2D eigenvalue weighted by atomic mass is 15.2. The molecular weight excluding hydrogens is 332 g/mol. The summed E-state index contributed by atoms with van der Waals surface area (Å²) in [6.45, 7) is 15.2. The van der Waals surface area contributed by atoms with Crippen molar-refractivity contribution in [1.29, 1.82) is 0 Å². The van der Waals surface area contributed by atoms with Gasteiger partial charge in [-0.15, -0.1) is 0 Å². The van der Waals surface area contributed by atoms with Crippen molar-refractivity contribution in [2.45, 2.75) is 66.5 Å². The standard InChI is InChI=1S/C23H30N4/c1-13(2)21-22(18-9-15(5)24-16(6)10-18)25-19-11-17-7-8-27(14(3)4)12-20(17)26-23(19)21/h9-11,13-14,25H,7-8,12H2,1-6H3. The number of aromatic nitrogens is 3. The summed E-state index contributed by atoms with van der Waals surface area (Å²) in [5.74, 6) is 0.401. The van der Waals surface area contributed by atoms with Crippen molar-refractivity contribution in [2.24, 2.45) is 0 Å². The van der Waals surface area contributed by atoms with Crippen molar-refractivity contribution in [3.8, 4) is 11.3 Å². The van der Waals surface area contributed by atoms with Crippen LogP contribution in [-0.2, 0) is 13.0 Å². The molecule has 0 radical (unpaired) electrons. The molecule has 0 saturated carbocycles. The minimum absolute atomic E-state index is 0.401. The molecule has 3 aromatic rings. The summed E-state index contributed by atoms with van der Waals surface area (Å²) < 4.78 is 0. The number of rotatable bonds is 3. The lowest BCUT2D eigenvalue weighted by Crippen LogP contribution is -2.36. The average molecular weight is 363 g/mol. The third kappa shape index (κ3) is 3.27. The fourth-order valence-electron chi connectivity index (χ4n) is 4.31. The fourth-order valence-corrected chi connectivity index (χ4v) is 4.31. The lowest BCUT2D eigenvalue weighted by molar-refractivity contribution is 0.200. The Kier molecular flexibility index (Phi) is 4.55. The first-order chi connectivity index (χ1) is 12.8. The number of nitrogens with zero attached hydrogens (tertiary/aromatic N) is 3. The van der Waals surface area contributed by atoms with Crippen LogP contribution in [0.3, 0.4) is 0 Å². The van der Waals surface area contributed by atoms with Gasteiger partial charge in [-0.25, -0.2) is 4.98 Å². The topological polar surface area (TPSA) is 44.8 Å². The van der Waals surface area contributed by atoms with Crippen LogP contribution in [-0.4, -0.2) is 32.4 Å². The molecule has 1 N–H and O–H groups in total. The van der Waals surface area contributed by atoms with Gasteiger partial charge in [0.05, 0.1) is 22.4 Å². The van der Waals surface area contributed by atoms with E-state index in [9.17, 15) is 0 Å². The molecule has 0 amide bonds. The van der Waals surface area contributed by atoms with Crippen LogP contribution in [0.5, 0.6) is 0 Å². The van der Waals surface area contributed by atoms with Crippen molar-refractivity contribution >= 4 is 11.0 Å². The Morgan fingerprint density at radius 3 is 2.33 bits per heavy atom. The Hall–Kier alpha value is -2.20. The lowest BCUT2D eigenvalue weighted by Gasteiger charge is -2.31. The quantitative estimate of drug-likeness (QED) is 0.702. The average Bonchev–Trinajstić information content (AvgIpc) is 2.96. The smallest absolute Gasteiger partial charge is 0.0924 e. The minimum Gasteiger partial charge on any atom is -0.353 e. The summed E-state index contributed by atoms with van der Waals surface area (Å²) in [4.78, 5) is 15.9. The van der Waals surface area contributed by atoms with E-state index in [1.807, 2.05) is 0 Å². The molecule has 0 fully saturated rings. The Bertz CT molecular complexity index is 977. The van der Waals surface area contributed by atoms with E-state index in [0.717, 1.165) is 41.9 Å². The highest BCUT2D eigenvalue weighted by Crippen LogP contribution is 2.36. The van der Waals surface area contributed by atoms with E-state index in [-0.39, 0.29) is 0 Å². The molecule has 142 valence electrons. The van der Waals surface area contributed by atoms with Crippen molar-refractivity contribution in [2.75, 3.05) is 6.54 Å². The van der Waals surface area contributed by atoms with Crippen molar-refractivity contribution in [1.82, 2.24) is 19.9 Å². The molecule has 0 atom stereocenters. The van der Waals surface area contributed by atoms with E-state index < -0.39 is 0 Å². The molecule has 0 bridgehead atoms.